The molecular weight excluding hydrogens is 1110 g/mol. The lowest BCUT2D eigenvalue weighted by Gasteiger charge is -2.32. The Kier molecular flexibility index (Phi) is 22.3. The van der Waals surface area contributed by atoms with Gasteiger partial charge < -0.3 is 46.9 Å². The Bertz CT molecular complexity index is 3780. The number of nitrogens with zero attached hydrogens (tertiary/aromatic N) is 1. The number of nitrogens with one attached hydrogen (secondary N) is 7. The molecule has 3 heterocycles. The van der Waals surface area contributed by atoms with E-state index >= 15 is 0 Å². The molecule has 4 unspecified atom stereocenters. The monoisotopic (exact) mass is 1200 g/mol. The zero-order valence-electron chi connectivity index (χ0n) is 51.1. The summed E-state index contributed by atoms with van der Waals surface area (Å²) in [5, 5.41) is 30.4. The van der Waals surface area contributed by atoms with Crippen molar-refractivity contribution in [3.05, 3.63) is 192 Å². The molecule has 0 spiro atoms. The number of piperidine rings is 3. The maximum absolute atomic E-state index is 14.1. The summed E-state index contributed by atoms with van der Waals surface area (Å²) >= 11 is 0. The summed E-state index contributed by atoms with van der Waals surface area (Å²) < 4.78 is 0. The molecule has 3 saturated heterocycles. The van der Waals surface area contributed by atoms with Crippen LogP contribution in [0.5, 0.6) is 0 Å². The predicted octanol–water partition coefficient (Wildman–Crippen LogP) is 8.99. The molecule has 7 N–H and O–H groups in total. The van der Waals surface area contributed by atoms with Crippen LogP contribution < -0.4 is 37.2 Å². The van der Waals surface area contributed by atoms with E-state index in [2.05, 4.69) is 85.7 Å². The molecule has 0 bridgehead atoms. The highest BCUT2D eigenvalue weighted by atomic mass is 16.2. The number of hydrogen-bond acceptors (Lipinski definition) is 9. The summed E-state index contributed by atoms with van der Waals surface area (Å²) in [6, 6.07) is 53.4. The second kappa shape index (κ2) is 31.4. The third kappa shape index (κ3) is 17.9. The number of fused-ring (bicyclic) bond motifs is 4. The number of carbonyl (C=O) groups is 7. The molecule has 89 heavy (non-hydrogen) atoms. The molecule has 4 atom stereocenters. The maximum Gasteiger partial charge on any atom is 0.245 e. The largest absolute Gasteiger partial charge is 0.354 e. The van der Waals surface area contributed by atoms with E-state index in [4.69, 9.17) is 0 Å². The maximum atomic E-state index is 14.1. The minimum atomic E-state index is -0.870. The Morgan fingerprint density at radius 3 is 1.12 bits per heavy atom. The van der Waals surface area contributed by atoms with E-state index in [-0.39, 0.29) is 60.0 Å². The second-order valence-electron chi connectivity index (χ2n) is 24.3. The minimum absolute atomic E-state index is 0.0552. The average molecular weight is 1200 g/mol. The van der Waals surface area contributed by atoms with Crippen LogP contribution in [0.1, 0.15) is 87.0 Å². The average Bonchev–Trinajstić information content (AvgIpc) is 3.18. The molecule has 8 aromatic rings. The molecule has 0 radical (unpaired) electrons. The Labute approximate surface area is 521 Å². The number of likely N-dealkylation sites (tertiary alicyclic amines) is 1. The van der Waals surface area contributed by atoms with Crippen LogP contribution in [-0.4, -0.2) is 116 Å². The number of carbonyl (C=O) groups excluding carboxylic acids is 7. The first kappa shape index (κ1) is 63.2. The van der Waals surface area contributed by atoms with E-state index in [1.807, 2.05) is 126 Å². The van der Waals surface area contributed by atoms with Crippen LogP contribution >= 0.6 is 0 Å². The van der Waals surface area contributed by atoms with E-state index < -0.39 is 30.1 Å². The van der Waals surface area contributed by atoms with Crippen molar-refractivity contribution in [1.82, 2.24) is 42.1 Å². The van der Waals surface area contributed by atoms with Crippen molar-refractivity contribution in [2.24, 2.45) is 11.8 Å². The van der Waals surface area contributed by atoms with Gasteiger partial charge in [0.15, 0.2) is 0 Å². The molecule has 0 saturated carbocycles. The SMILES string of the molecule is CC(=O)CCCNC(=O)C(Cc1ccc2ccccc2c1)NC(=O)C(Cc1ccc2ccccc2c1)NC(=O)C1CCNCC1.O=C(NC(Cc1ccc2ccccc2c1)C(=O)NC(Cc1ccc2ccccc2c1)C(=O)N1CCCCC1)C1CCNCC1. The second-order valence-corrected chi connectivity index (χ2v) is 24.3. The highest BCUT2D eigenvalue weighted by Crippen LogP contribution is 2.24. The summed E-state index contributed by atoms with van der Waals surface area (Å²) in [7, 11) is 0. The Morgan fingerprint density at radius 1 is 0.416 bits per heavy atom. The van der Waals surface area contributed by atoms with Gasteiger partial charge in [-0.05, 0) is 150 Å². The van der Waals surface area contributed by atoms with Gasteiger partial charge in [0.1, 0.15) is 30.0 Å². The van der Waals surface area contributed by atoms with Crippen molar-refractivity contribution < 1.29 is 33.6 Å². The number of benzene rings is 8. The number of hydrogen-bond donors (Lipinski definition) is 7. The van der Waals surface area contributed by atoms with Gasteiger partial charge in [0.05, 0.1) is 0 Å². The van der Waals surface area contributed by atoms with Gasteiger partial charge in [0.2, 0.25) is 35.4 Å². The summed E-state index contributed by atoms with van der Waals surface area (Å²) in [4.78, 5) is 95.6. The molecular formula is C74H84N8O7. The van der Waals surface area contributed by atoms with Crippen LogP contribution in [0, 0.1) is 11.8 Å². The summed E-state index contributed by atoms with van der Waals surface area (Å²) in [6.45, 7) is 6.36. The number of rotatable bonds is 22. The van der Waals surface area contributed by atoms with E-state index in [0.717, 1.165) is 124 Å². The van der Waals surface area contributed by atoms with Gasteiger partial charge >= 0.3 is 0 Å². The summed E-state index contributed by atoms with van der Waals surface area (Å²) in [5.74, 6) is -1.59. The lowest BCUT2D eigenvalue weighted by molar-refractivity contribution is -0.138. The Morgan fingerprint density at radius 2 is 0.753 bits per heavy atom. The van der Waals surface area contributed by atoms with Crippen LogP contribution in [0.4, 0.5) is 0 Å². The van der Waals surface area contributed by atoms with E-state index in [1.54, 1.807) is 0 Å². The normalized spacial score (nSPS) is 16.0. The number of ketones is 1. The summed E-state index contributed by atoms with van der Waals surface area (Å²) in [6.07, 6.45) is 8.16. The van der Waals surface area contributed by atoms with Crippen molar-refractivity contribution in [1.29, 1.82) is 0 Å². The van der Waals surface area contributed by atoms with Gasteiger partial charge in [0.25, 0.3) is 0 Å². The fraction of sp³-hybridized carbons (Fsp3) is 0.365. The molecule has 0 aliphatic carbocycles. The molecule has 8 aromatic carbocycles. The molecule has 462 valence electrons. The first-order chi connectivity index (χ1) is 43.4. The van der Waals surface area contributed by atoms with Crippen LogP contribution in [0.15, 0.2) is 170 Å². The Balaban J connectivity index is 0.000000196. The van der Waals surface area contributed by atoms with Gasteiger partial charge in [-0.3, -0.25) is 28.8 Å². The summed E-state index contributed by atoms with van der Waals surface area (Å²) in [5.41, 5.74) is 3.77. The first-order valence-corrected chi connectivity index (χ1v) is 32.0. The molecule has 15 nitrogen and oxygen atoms in total. The zero-order chi connectivity index (χ0) is 61.9. The van der Waals surface area contributed by atoms with E-state index in [1.165, 1.54) is 6.92 Å². The Hall–Kier alpha value is -8.79. The molecule has 3 fully saturated rings. The van der Waals surface area contributed by atoms with Crippen LogP contribution in [0.3, 0.4) is 0 Å². The smallest absolute Gasteiger partial charge is 0.245 e. The zero-order valence-corrected chi connectivity index (χ0v) is 51.1. The molecule has 11 rings (SSSR count). The topological polar surface area (TPSA) is 207 Å². The van der Waals surface area contributed by atoms with E-state index in [0.29, 0.717) is 58.2 Å². The van der Waals surface area contributed by atoms with Gasteiger partial charge in [-0.15, -0.1) is 0 Å². The number of amides is 6. The van der Waals surface area contributed by atoms with Crippen molar-refractivity contribution in [3.8, 4) is 0 Å². The lowest BCUT2D eigenvalue weighted by Crippen LogP contribution is -2.57. The number of Topliss-reactive ketones (excluding diaryl/α,β-unsaturated/α-hetero) is 1. The third-order valence-electron chi connectivity index (χ3n) is 17.6. The van der Waals surface area contributed by atoms with Crippen molar-refractivity contribution in [2.75, 3.05) is 45.8 Å². The van der Waals surface area contributed by atoms with Crippen LogP contribution in [0.25, 0.3) is 43.1 Å². The quantitative estimate of drug-likeness (QED) is 0.0323. The molecule has 15 heteroatoms. The van der Waals surface area contributed by atoms with Crippen molar-refractivity contribution in [2.45, 2.75) is 115 Å². The minimum Gasteiger partial charge on any atom is -0.354 e. The predicted molar refractivity (Wildman–Crippen MR) is 353 cm³/mol. The van der Waals surface area contributed by atoms with Crippen molar-refractivity contribution in [3.63, 3.8) is 0 Å². The standard InChI is InChI=1S/C37H42N4O4.C37H42N4O3/c1-25(42)7-6-18-39-36(44)33(23-26-12-14-28-8-2-4-10-31(28)21-26)41-37(45)34(40-35(43)30-16-19-38-20-17-30)24-27-13-15-29-9-3-5-11-32(29)22-27;42-35(30-16-18-38-19-17-30)39-33(24-26-12-14-28-8-2-4-10-31(28)22-26)36(43)40-34(37(44)41-20-6-1-7-21-41)25-27-13-15-29-9-3-5-11-32(29)23-27/h2-5,8-15,21-22,30,33-34,38H,6-7,16-20,23-24H2,1H3,(H,39,44)(H,40,43)(H,41,45);2-5,8-15,22-23,30,33-34,38H,1,6-7,16-21,24-25H2,(H,39,42)(H,40,43). The molecule has 3 aliphatic heterocycles. The molecule has 0 aromatic heterocycles. The lowest BCUT2D eigenvalue weighted by atomic mass is 9.95. The molecule has 3 aliphatic rings. The third-order valence-corrected chi connectivity index (χ3v) is 17.6. The van der Waals surface area contributed by atoms with Gasteiger partial charge in [-0.1, -0.05) is 170 Å². The highest BCUT2D eigenvalue weighted by molar-refractivity contribution is 5.95. The van der Waals surface area contributed by atoms with E-state index in [9.17, 15) is 33.6 Å². The first-order valence-electron chi connectivity index (χ1n) is 32.0. The fourth-order valence-corrected chi connectivity index (χ4v) is 12.5. The van der Waals surface area contributed by atoms with Crippen LogP contribution in [0.2, 0.25) is 0 Å². The molecule has 6 amide bonds. The van der Waals surface area contributed by atoms with Gasteiger partial charge in [-0.2, -0.15) is 0 Å². The highest BCUT2D eigenvalue weighted by Gasteiger charge is 2.34. The van der Waals surface area contributed by atoms with Gasteiger partial charge in [0, 0.05) is 63.6 Å². The van der Waals surface area contributed by atoms with Crippen LogP contribution in [-0.2, 0) is 59.2 Å². The van der Waals surface area contributed by atoms with Gasteiger partial charge in [-0.25, -0.2) is 0 Å². The van der Waals surface area contributed by atoms with Crippen molar-refractivity contribution >= 4 is 84.3 Å². The fourth-order valence-electron chi connectivity index (χ4n) is 12.5.